The maximum absolute atomic E-state index is 11.1. The van der Waals surface area contributed by atoms with Gasteiger partial charge in [-0.05, 0) is 41.5 Å². The fourth-order valence-electron chi connectivity index (χ4n) is 4.31. The molecule has 2 unspecified atom stereocenters. The Labute approximate surface area is 230 Å². The molecule has 5 heterocycles. The van der Waals surface area contributed by atoms with Crippen LogP contribution in [0.2, 0.25) is 0 Å². The number of aromatic nitrogens is 3. The second-order valence-corrected chi connectivity index (χ2v) is 14.0. The zero-order valence-corrected chi connectivity index (χ0v) is 23.6. The smallest absolute Gasteiger partial charge is 0.357 e. The molecule has 0 spiro atoms. The molecule has 37 heavy (non-hydrogen) atoms. The van der Waals surface area contributed by atoms with E-state index in [0.29, 0.717) is 17.5 Å². The number of thiazole rings is 1. The number of nitrogens with zero attached hydrogens (tertiary/aromatic N) is 4. The molecule has 0 saturated carbocycles. The molecule has 3 N–H and O–H groups in total. The highest BCUT2D eigenvalue weighted by molar-refractivity contribution is 8.02. The molecule has 2 aliphatic heterocycles. The van der Waals surface area contributed by atoms with Gasteiger partial charge in [0, 0.05) is 23.9 Å². The van der Waals surface area contributed by atoms with Gasteiger partial charge in [0.15, 0.2) is 0 Å². The molecule has 14 heteroatoms. The first-order chi connectivity index (χ1) is 17.8. The van der Waals surface area contributed by atoms with Crippen LogP contribution < -0.4 is 14.9 Å². The summed E-state index contributed by atoms with van der Waals surface area (Å²) in [5, 5.41) is 21.9. The molecule has 0 radical (unpaired) electrons. The summed E-state index contributed by atoms with van der Waals surface area (Å²) in [7, 11) is -4.32. The van der Waals surface area contributed by atoms with Crippen LogP contribution in [-0.4, -0.2) is 40.1 Å². The van der Waals surface area contributed by atoms with Gasteiger partial charge < -0.3 is 10.2 Å². The standard InChI is InChI=1S/C23H22N6O3S5/c1-14-24-17(11-34-14)9-20-26-27-22(36-20)29-13-23(29,19-12-35-21(25-19)18-3-2-8-33-18)10-15-4-6-16(7-5-15)28-37(30,31)32/h2-8,11-12,14,24,28H,9-10,13H2,1H3,(H,30,31,32). The Morgan fingerprint density at radius 3 is 2.76 bits per heavy atom. The number of allylic oxidation sites excluding steroid dienone is 1. The van der Waals surface area contributed by atoms with E-state index < -0.39 is 10.3 Å². The van der Waals surface area contributed by atoms with E-state index in [4.69, 9.17) is 9.54 Å². The van der Waals surface area contributed by atoms with Crippen molar-refractivity contribution in [1.29, 1.82) is 0 Å². The van der Waals surface area contributed by atoms with Crippen LogP contribution in [0.3, 0.4) is 0 Å². The first-order valence-corrected chi connectivity index (χ1v) is 16.3. The van der Waals surface area contributed by atoms with Gasteiger partial charge in [-0.3, -0.25) is 9.27 Å². The van der Waals surface area contributed by atoms with E-state index in [0.717, 1.165) is 49.9 Å². The number of benzene rings is 1. The van der Waals surface area contributed by atoms with E-state index in [-0.39, 0.29) is 5.54 Å². The zero-order chi connectivity index (χ0) is 25.6. The highest BCUT2D eigenvalue weighted by atomic mass is 32.2. The second-order valence-electron chi connectivity index (χ2n) is 8.80. The number of nitrogens with one attached hydrogen (secondary N) is 2. The molecule has 9 nitrogen and oxygen atoms in total. The lowest BCUT2D eigenvalue weighted by Crippen LogP contribution is -2.20. The van der Waals surface area contributed by atoms with Crippen LogP contribution >= 0.6 is 45.8 Å². The van der Waals surface area contributed by atoms with Crippen LogP contribution in [0.25, 0.3) is 9.88 Å². The van der Waals surface area contributed by atoms with Gasteiger partial charge in [-0.2, -0.15) is 8.42 Å². The molecule has 4 aromatic rings. The molecular weight excluding hydrogens is 569 g/mol. The largest absolute Gasteiger partial charge is 0.376 e. The number of hydrogen-bond acceptors (Lipinski definition) is 11. The minimum absolute atomic E-state index is 0.303. The Morgan fingerprint density at radius 2 is 2.05 bits per heavy atom. The lowest BCUT2D eigenvalue weighted by atomic mass is 9.96. The number of anilines is 2. The molecular formula is C23H22N6O3S5. The van der Waals surface area contributed by atoms with Crippen molar-refractivity contribution >= 4 is 66.9 Å². The van der Waals surface area contributed by atoms with Gasteiger partial charge >= 0.3 is 10.3 Å². The van der Waals surface area contributed by atoms with Crippen LogP contribution in [0.1, 0.15) is 23.2 Å². The predicted octanol–water partition coefficient (Wildman–Crippen LogP) is 4.96. The number of thiophene rings is 1. The fraction of sp³-hybridized carbons (Fsp3) is 0.261. The van der Waals surface area contributed by atoms with E-state index in [2.05, 4.69) is 54.3 Å². The third kappa shape index (κ3) is 5.40. The first kappa shape index (κ1) is 24.8. The normalized spacial score (nSPS) is 21.1. The molecule has 2 aliphatic rings. The Kier molecular flexibility index (Phi) is 6.49. The van der Waals surface area contributed by atoms with Crippen molar-refractivity contribution in [2.24, 2.45) is 0 Å². The summed E-state index contributed by atoms with van der Waals surface area (Å²) in [5.74, 6) is 0. The number of rotatable bonds is 9. The van der Waals surface area contributed by atoms with Crippen molar-refractivity contribution < 1.29 is 13.0 Å². The number of thioether (sulfide) groups is 1. The number of hydrogen-bond donors (Lipinski definition) is 3. The molecule has 0 aliphatic carbocycles. The van der Waals surface area contributed by atoms with Crippen molar-refractivity contribution in [2.75, 3.05) is 16.2 Å². The van der Waals surface area contributed by atoms with Crippen molar-refractivity contribution in [1.82, 2.24) is 20.5 Å². The Bertz CT molecular complexity index is 1550. The summed E-state index contributed by atoms with van der Waals surface area (Å²) >= 11 is 6.67. The van der Waals surface area contributed by atoms with Crippen LogP contribution in [0, 0.1) is 0 Å². The quantitative estimate of drug-likeness (QED) is 0.183. The van der Waals surface area contributed by atoms with E-state index in [1.807, 2.05) is 18.2 Å². The molecule has 1 fully saturated rings. The molecule has 1 aromatic carbocycles. The maximum atomic E-state index is 11.1. The third-order valence-corrected chi connectivity index (χ3v) is 10.3. The van der Waals surface area contributed by atoms with Gasteiger partial charge in [-0.1, -0.05) is 29.5 Å². The molecule has 2 atom stereocenters. The van der Waals surface area contributed by atoms with Crippen LogP contribution in [0.15, 0.2) is 58.3 Å². The zero-order valence-electron chi connectivity index (χ0n) is 19.5. The summed E-state index contributed by atoms with van der Waals surface area (Å²) < 4.78 is 33.4. The van der Waals surface area contributed by atoms with Gasteiger partial charge in [0.25, 0.3) is 0 Å². The van der Waals surface area contributed by atoms with E-state index in [1.54, 1.807) is 57.9 Å². The van der Waals surface area contributed by atoms with Gasteiger partial charge in [-0.25, -0.2) is 4.98 Å². The summed E-state index contributed by atoms with van der Waals surface area (Å²) in [6.07, 6.45) is 1.40. The molecule has 1 saturated heterocycles. The van der Waals surface area contributed by atoms with Gasteiger partial charge in [0.1, 0.15) is 15.6 Å². The fourth-order valence-corrected chi connectivity index (χ4v) is 8.16. The van der Waals surface area contributed by atoms with Crippen molar-refractivity contribution in [3.8, 4) is 9.88 Å². The lowest BCUT2D eigenvalue weighted by Gasteiger charge is -2.16. The van der Waals surface area contributed by atoms with E-state index in [1.165, 1.54) is 0 Å². The van der Waals surface area contributed by atoms with Crippen LogP contribution in [-0.2, 0) is 28.7 Å². The first-order valence-electron chi connectivity index (χ1n) is 11.3. The molecule has 3 aromatic heterocycles. The Morgan fingerprint density at radius 1 is 1.22 bits per heavy atom. The molecule has 192 valence electrons. The molecule has 6 rings (SSSR count). The Balaban J connectivity index is 1.27. The van der Waals surface area contributed by atoms with Gasteiger partial charge in [0.05, 0.1) is 28.2 Å². The molecule has 0 bridgehead atoms. The summed E-state index contributed by atoms with van der Waals surface area (Å²) in [5.41, 5.74) is 3.11. The minimum atomic E-state index is -4.32. The summed E-state index contributed by atoms with van der Waals surface area (Å²) in [6.45, 7) is 2.89. The van der Waals surface area contributed by atoms with Crippen molar-refractivity contribution in [3.05, 3.63) is 74.5 Å². The summed E-state index contributed by atoms with van der Waals surface area (Å²) in [6, 6.07) is 11.1. The SMILES string of the molecule is CC1NC(Cc2nnc(N3CC3(Cc3ccc(NS(=O)(=O)O)cc3)c3csc(-c4cccs4)n3)s2)=CS1. The van der Waals surface area contributed by atoms with Crippen molar-refractivity contribution in [2.45, 2.75) is 30.7 Å². The van der Waals surface area contributed by atoms with Crippen molar-refractivity contribution in [3.63, 3.8) is 0 Å². The predicted molar refractivity (Wildman–Crippen MR) is 152 cm³/mol. The van der Waals surface area contributed by atoms with Gasteiger partial charge in [-0.15, -0.1) is 44.6 Å². The average molecular weight is 591 g/mol. The summed E-state index contributed by atoms with van der Waals surface area (Å²) in [4.78, 5) is 8.41. The van der Waals surface area contributed by atoms with E-state index >= 15 is 0 Å². The second kappa shape index (κ2) is 9.67. The highest BCUT2D eigenvalue weighted by Gasteiger charge is 2.56. The van der Waals surface area contributed by atoms with E-state index in [9.17, 15) is 8.42 Å². The Hall–Kier alpha value is -2.49. The van der Waals surface area contributed by atoms with Gasteiger partial charge in [0.2, 0.25) is 5.13 Å². The maximum Gasteiger partial charge on any atom is 0.357 e. The van der Waals surface area contributed by atoms with Crippen LogP contribution in [0.4, 0.5) is 10.8 Å². The molecule has 0 amide bonds. The topological polar surface area (TPSA) is 120 Å². The average Bonchev–Trinajstić information content (AvgIpc) is 3.46. The van der Waals surface area contributed by atoms with Crippen LogP contribution in [0.5, 0.6) is 0 Å². The lowest BCUT2D eigenvalue weighted by molar-refractivity contribution is 0.489. The monoisotopic (exact) mass is 590 g/mol. The minimum Gasteiger partial charge on any atom is -0.376 e. The highest BCUT2D eigenvalue weighted by Crippen LogP contribution is 2.50. The third-order valence-electron chi connectivity index (χ3n) is 6.08.